The molecule has 8 heteroatoms. The smallest absolute Gasteiger partial charge is 0.249 e. The molecular formula is C27H23BrN6O. The van der Waals surface area contributed by atoms with Gasteiger partial charge in [0.2, 0.25) is 11.8 Å². The highest BCUT2D eigenvalue weighted by Gasteiger charge is 2.38. The lowest BCUT2D eigenvalue weighted by Crippen LogP contribution is -2.39. The van der Waals surface area contributed by atoms with Gasteiger partial charge in [-0.1, -0.05) is 46.3 Å². The number of benzene rings is 2. The van der Waals surface area contributed by atoms with E-state index in [4.69, 9.17) is 14.4 Å². The van der Waals surface area contributed by atoms with Crippen LogP contribution in [0.25, 0.3) is 28.4 Å². The number of para-hydroxylation sites is 1. The molecular weight excluding hydrogens is 504 g/mol. The maximum absolute atomic E-state index is 5.93. The number of halogens is 1. The van der Waals surface area contributed by atoms with Crippen LogP contribution < -0.4 is 0 Å². The fourth-order valence-corrected chi connectivity index (χ4v) is 4.73. The number of aliphatic imine (C=N–C) groups is 2. The molecule has 2 aromatic carbocycles. The van der Waals surface area contributed by atoms with Gasteiger partial charge < -0.3 is 9.32 Å². The first-order chi connectivity index (χ1) is 17.1. The van der Waals surface area contributed by atoms with Crippen LogP contribution in [0, 0.1) is 0 Å². The molecule has 6 rings (SSSR count). The predicted molar refractivity (Wildman–Crippen MR) is 142 cm³/mol. The van der Waals surface area contributed by atoms with E-state index in [0.717, 1.165) is 63.9 Å². The van der Waals surface area contributed by atoms with E-state index in [1.54, 1.807) is 6.20 Å². The van der Waals surface area contributed by atoms with E-state index in [1.165, 1.54) is 0 Å². The number of piperidine rings is 1. The normalized spacial score (nSPS) is 17.9. The molecule has 174 valence electrons. The van der Waals surface area contributed by atoms with E-state index in [1.807, 2.05) is 54.6 Å². The van der Waals surface area contributed by atoms with Crippen LogP contribution in [0.3, 0.4) is 0 Å². The first-order valence-corrected chi connectivity index (χ1v) is 12.4. The highest BCUT2D eigenvalue weighted by molar-refractivity contribution is 9.10. The van der Waals surface area contributed by atoms with Crippen molar-refractivity contribution in [3.8, 4) is 11.5 Å². The Balaban J connectivity index is 1.30. The average Bonchev–Trinajstić information content (AvgIpc) is 3.50. The van der Waals surface area contributed by atoms with Gasteiger partial charge in [-0.15, -0.1) is 10.2 Å². The minimum atomic E-state index is -0.397. The SMILES string of the molecule is CN1CCC2(CC1)N=C(C=Cc1nnc(-c3cnc4ccccc4c3)o1)C(c1ccc(Br)cc1)=N2. The standard InChI is InChI=1S/C27H23BrN6O/c1-34-14-12-27(13-15-34)30-23(25(31-27)18-6-8-21(28)9-7-18)10-11-24-32-33-26(35-24)20-16-19-4-2-3-5-22(19)29-17-20/h2-11,16-17H,12-15H2,1H3. The summed E-state index contributed by atoms with van der Waals surface area (Å²) in [6.45, 7) is 1.95. The summed E-state index contributed by atoms with van der Waals surface area (Å²) >= 11 is 3.52. The van der Waals surface area contributed by atoms with E-state index in [-0.39, 0.29) is 0 Å². The first-order valence-electron chi connectivity index (χ1n) is 11.6. The second-order valence-electron chi connectivity index (χ2n) is 8.95. The number of aromatic nitrogens is 3. The Kier molecular flexibility index (Phi) is 5.62. The van der Waals surface area contributed by atoms with Gasteiger partial charge in [-0.05, 0) is 37.4 Å². The van der Waals surface area contributed by atoms with Crippen molar-refractivity contribution in [3.05, 3.63) is 82.8 Å². The Hall–Kier alpha value is -3.49. The predicted octanol–water partition coefficient (Wildman–Crippen LogP) is 5.43. The zero-order valence-corrected chi connectivity index (χ0v) is 20.8. The third-order valence-corrected chi connectivity index (χ3v) is 6.99. The Bertz CT molecular complexity index is 1480. The molecule has 0 atom stereocenters. The zero-order valence-electron chi connectivity index (χ0n) is 19.2. The van der Waals surface area contributed by atoms with Crippen LogP contribution in [0.1, 0.15) is 24.3 Å². The summed E-state index contributed by atoms with van der Waals surface area (Å²) in [7, 11) is 2.14. The van der Waals surface area contributed by atoms with Crippen molar-refractivity contribution >= 4 is 44.3 Å². The van der Waals surface area contributed by atoms with Crippen LogP contribution in [-0.2, 0) is 0 Å². The lowest BCUT2D eigenvalue weighted by atomic mass is 9.99. The fourth-order valence-electron chi connectivity index (χ4n) is 4.46. The number of rotatable bonds is 4. The number of nitrogens with zero attached hydrogens (tertiary/aromatic N) is 6. The molecule has 7 nitrogen and oxygen atoms in total. The van der Waals surface area contributed by atoms with Crippen LogP contribution in [0.15, 0.2) is 85.7 Å². The van der Waals surface area contributed by atoms with Gasteiger partial charge in [0.1, 0.15) is 0 Å². The fraction of sp³-hybridized carbons (Fsp3) is 0.222. The second-order valence-corrected chi connectivity index (χ2v) is 9.86. The molecule has 4 aromatic rings. The molecule has 0 aliphatic carbocycles. The number of likely N-dealkylation sites (tertiary alicyclic amines) is 1. The molecule has 2 aliphatic heterocycles. The highest BCUT2D eigenvalue weighted by Crippen LogP contribution is 2.33. The molecule has 0 saturated carbocycles. The van der Waals surface area contributed by atoms with Crippen molar-refractivity contribution in [2.45, 2.75) is 18.5 Å². The van der Waals surface area contributed by atoms with E-state index < -0.39 is 5.66 Å². The second kappa shape index (κ2) is 8.94. The van der Waals surface area contributed by atoms with Gasteiger partial charge in [0, 0.05) is 53.6 Å². The minimum absolute atomic E-state index is 0.397. The Morgan fingerprint density at radius 3 is 2.57 bits per heavy atom. The Labute approximate surface area is 211 Å². The summed E-state index contributed by atoms with van der Waals surface area (Å²) in [5.41, 5.74) is 4.10. The maximum Gasteiger partial charge on any atom is 0.249 e. The van der Waals surface area contributed by atoms with Crippen molar-refractivity contribution in [1.82, 2.24) is 20.1 Å². The van der Waals surface area contributed by atoms with Gasteiger partial charge in [-0.3, -0.25) is 15.0 Å². The molecule has 4 heterocycles. The van der Waals surface area contributed by atoms with Crippen LogP contribution in [0.2, 0.25) is 0 Å². The highest BCUT2D eigenvalue weighted by atomic mass is 79.9. The van der Waals surface area contributed by atoms with Gasteiger partial charge in [0.25, 0.3) is 0 Å². The van der Waals surface area contributed by atoms with Crippen LogP contribution in [0.4, 0.5) is 0 Å². The first kappa shape index (κ1) is 22.0. The lowest BCUT2D eigenvalue weighted by Gasteiger charge is -2.33. The molecule has 1 saturated heterocycles. The third kappa shape index (κ3) is 4.47. The molecule has 0 radical (unpaired) electrons. The summed E-state index contributed by atoms with van der Waals surface area (Å²) in [4.78, 5) is 17.0. The Morgan fingerprint density at radius 2 is 1.74 bits per heavy atom. The molecule has 0 N–H and O–H groups in total. The number of fused-ring (bicyclic) bond motifs is 1. The molecule has 0 bridgehead atoms. The van der Waals surface area contributed by atoms with E-state index in [9.17, 15) is 0 Å². The zero-order chi connectivity index (χ0) is 23.8. The number of hydrogen-bond acceptors (Lipinski definition) is 7. The lowest BCUT2D eigenvalue weighted by molar-refractivity contribution is 0.200. The molecule has 2 aromatic heterocycles. The van der Waals surface area contributed by atoms with E-state index in [0.29, 0.717) is 11.8 Å². The van der Waals surface area contributed by atoms with Crippen molar-refractivity contribution < 1.29 is 4.42 Å². The van der Waals surface area contributed by atoms with Crippen molar-refractivity contribution in [1.29, 1.82) is 0 Å². The van der Waals surface area contributed by atoms with Crippen LogP contribution in [0.5, 0.6) is 0 Å². The summed E-state index contributed by atoms with van der Waals surface area (Å²) in [5, 5.41) is 9.47. The van der Waals surface area contributed by atoms with Crippen molar-refractivity contribution in [3.63, 3.8) is 0 Å². The van der Waals surface area contributed by atoms with Gasteiger partial charge >= 0.3 is 0 Å². The average molecular weight is 527 g/mol. The monoisotopic (exact) mass is 526 g/mol. The summed E-state index contributed by atoms with van der Waals surface area (Å²) in [6, 6.07) is 18.1. The summed E-state index contributed by atoms with van der Waals surface area (Å²) in [6.07, 6.45) is 7.31. The van der Waals surface area contributed by atoms with Crippen molar-refractivity contribution in [2.75, 3.05) is 20.1 Å². The quantitative estimate of drug-likeness (QED) is 0.354. The summed E-state index contributed by atoms with van der Waals surface area (Å²) < 4.78 is 6.96. The van der Waals surface area contributed by atoms with Crippen molar-refractivity contribution in [2.24, 2.45) is 9.98 Å². The van der Waals surface area contributed by atoms with Gasteiger partial charge in [0.05, 0.1) is 22.5 Å². The van der Waals surface area contributed by atoms with Crippen LogP contribution >= 0.6 is 15.9 Å². The Morgan fingerprint density at radius 1 is 0.943 bits per heavy atom. The summed E-state index contributed by atoms with van der Waals surface area (Å²) in [5.74, 6) is 0.847. The van der Waals surface area contributed by atoms with Gasteiger partial charge in [-0.25, -0.2) is 0 Å². The topological polar surface area (TPSA) is 79.8 Å². The number of pyridine rings is 1. The molecule has 1 spiro atoms. The van der Waals surface area contributed by atoms with Crippen LogP contribution in [-0.4, -0.2) is 57.3 Å². The van der Waals surface area contributed by atoms with Gasteiger partial charge in [-0.2, -0.15) is 0 Å². The number of allylic oxidation sites excluding steroid dienone is 1. The minimum Gasteiger partial charge on any atom is -0.417 e. The number of hydrogen-bond donors (Lipinski definition) is 0. The molecule has 1 fully saturated rings. The molecule has 35 heavy (non-hydrogen) atoms. The largest absolute Gasteiger partial charge is 0.417 e. The van der Waals surface area contributed by atoms with Gasteiger partial charge in [0.15, 0.2) is 5.66 Å². The maximum atomic E-state index is 5.93. The molecule has 0 unspecified atom stereocenters. The van der Waals surface area contributed by atoms with E-state index in [2.05, 4.69) is 55.2 Å². The third-order valence-electron chi connectivity index (χ3n) is 6.46. The molecule has 2 aliphatic rings. The van der Waals surface area contributed by atoms with E-state index >= 15 is 0 Å². The molecule has 0 amide bonds.